The van der Waals surface area contributed by atoms with Gasteiger partial charge >= 0.3 is 6.18 Å². The van der Waals surface area contributed by atoms with Crippen molar-refractivity contribution in [2.75, 3.05) is 17.2 Å². The van der Waals surface area contributed by atoms with E-state index in [0.717, 1.165) is 18.3 Å². The van der Waals surface area contributed by atoms with Gasteiger partial charge in [0.25, 0.3) is 0 Å². The Bertz CT molecular complexity index is 875. The number of carbonyl (C=O) groups is 1. The van der Waals surface area contributed by atoms with Crippen LogP contribution in [0.4, 0.5) is 24.5 Å². The number of aryl methyl sites for hydroxylation is 1. The van der Waals surface area contributed by atoms with Crippen molar-refractivity contribution < 1.29 is 18.0 Å². The van der Waals surface area contributed by atoms with E-state index in [4.69, 9.17) is 0 Å². The Labute approximate surface area is 149 Å². The number of alkyl halides is 3. The highest BCUT2D eigenvalue weighted by molar-refractivity contribution is 6.02. The number of rotatable bonds is 3. The molecule has 1 aromatic heterocycles. The van der Waals surface area contributed by atoms with E-state index in [1.807, 2.05) is 18.2 Å². The maximum atomic E-state index is 12.6. The van der Waals surface area contributed by atoms with Gasteiger partial charge in [0.1, 0.15) is 5.69 Å². The number of pyridine rings is 1. The van der Waals surface area contributed by atoms with Crippen molar-refractivity contribution in [1.82, 2.24) is 4.98 Å². The number of carbonyl (C=O) groups excluding carboxylic acids is 1. The topological polar surface area (TPSA) is 54.0 Å². The third-order valence-corrected chi connectivity index (χ3v) is 4.28. The normalized spacial score (nSPS) is 16.4. The molecule has 2 N–H and O–H groups in total. The van der Waals surface area contributed by atoms with Gasteiger partial charge in [0, 0.05) is 35.6 Å². The number of anilines is 2. The Morgan fingerprint density at radius 1 is 1.31 bits per heavy atom. The molecule has 136 valence electrons. The number of nitrogens with zero attached hydrogens (tertiary/aromatic N) is 1. The van der Waals surface area contributed by atoms with Crippen molar-refractivity contribution in [2.24, 2.45) is 0 Å². The van der Waals surface area contributed by atoms with E-state index in [2.05, 4.69) is 22.5 Å². The van der Waals surface area contributed by atoms with Crippen LogP contribution < -0.4 is 10.6 Å². The van der Waals surface area contributed by atoms with Crippen LogP contribution in [0.25, 0.3) is 6.08 Å². The van der Waals surface area contributed by atoms with E-state index in [-0.39, 0.29) is 11.6 Å². The lowest BCUT2D eigenvalue weighted by molar-refractivity contribution is -0.141. The second-order valence-corrected chi connectivity index (χ2v) is 6.28. The molecule has 3 rings (SSSR count). The second kappa shape index (κ2) is 6.82. The van der Waals surface area contributed by atoms with E-state index >= 15 is 0 Å². The highest BCUT2D eigenvalue weighted by Crippen LogP contribution is 2.33. The summed E-state index contributed by atoms with van der Waals surface area (Å²) in [4.78, 5) is 15.6. The minimum Gasteiger partial charge on any atom is -0.384 e. The number of halogens is 3. The molecule has 0 bridgehead atoms. The highest BCUT2D eigenvalue weighted by Gasteiger charge is 2.32. The van der Waals surface area contributed by atoms with Gasteiger partial charge in [-0.15, -0.1) is 0 Å². The quantitative estimate of drug-likeness (QED) is 0.786. The molecule has 1 amide bonds. The molecule has 0 spiro atoms. The average molecular weight is 361 g/mol. The molecular weight excluding hydrogens is 343 g/mol. The summed E-state index contributed by atoms with van der Waals surface area (Å²) in [6.07, 6.45) is -1.75. The summed E-state index contributed by atoms with van der Waals surface area (Å²) in [5.41, 5.74) is 2.59. The Kier molecular flexibility index (Phi) is 4.71. The van der Waals surface area contributed by atoms with Crippen LogP contribution in [0.3, 0.4) is 0 Å². The van der Waals surface area contributed by atoms with Gasteiger partial charge in [-0.05, 0) is 42.3 Å². The summed E-state index contributed by atoms with van der Waals surface area (Å²) >= 11 is 0. The Morgan fingerprint density at radius 2 is 2.08 bits per heavy atom. The first-order valence-electron chi connectivity index (χ1n) is 8.16. The predicted molar refractivity (Wildman–Crippen MR) is 95.0 cm³/mol. The van der Waals surface area contributed by atoms with Crippen LogP contribution in [-0.4, -0.2) is 17.4 Å². The number of nitrogens with one attached hydrogen (secondary N) is 2. The first kappa shape index (κ1) is 18.0. The third kappa shape index (κ3) is 3.87. The van der Waals surface area contributed by atoms with Gasteiger partial charge in [-0.3, -0.25) is 4.79 Å². The van der Waals surface area contributed by atoms with Crippen LogP contribution in [0.15, 0.2) is 36.4 Å². The Balaban J connectivity index is 1.69. The lowest BCUT2D eigenvalue weighted by Crippen LogP contribution is -2.09. The molecule has 1 aliphatic heterocycles. The molecule has 1 atom stereocenters. The maximum Gasteiger partial charge on any atom is 0.433 e. The molecule has 0 fully saturated rings. The monoisotopic (exact) mass is 361 g/mol. The van der Waals surface area contributed by atoms with Crippen LogP contribution in [0.5, 0.6) is 0 Å². The lowest BCUT2D eigenvalue weighted by Gasteiger charge is -2.08. The Hall–Kier alpha value is -2.83. The molecule has 2 heterocycles. The molecule has 7 heteroatoms. The summed E-state index contributed by atoms with van der Waals surface area (Å²) in [7, 11) is 0. The zero-order valence-electron chi connectivity index (χ0n) is 14.3. The summed E-state index contributed by atoms with van der Waals surface area (Å²) in [5.74, 6) is 0.0695. The van der Waals surface area contributed by atoms with Gasteiger partial charge < -0.3 is 10.6 Å². The predicted octanol–water partition coefficient (Wildman–Crippen LogP) is 4.59. The molecular formula is C19H18F3N3O. The summed E-state index contributed by atoms with van der Waals surface area (Å²) in [6.45, 7) is 4.47. The van der Waals surface area contributed by atoms with Crippen molar-refractivity contribution in [2.45, 2.75) is 25.9 Å². The van der Waals surface area contributed by atoms with Gasteiger partial charge in [0.15, 0.2) is 0 Å². The lowest BCUT2D eigenvalue weighted by atomic mass is 10.0. The van der Waals surface area contributed by atoms with Crippen LogP contribution in [0, 0.1) is 6.92 Å². The molecule has 0 saturated carbocycles. The van der Waals surface area contributed by atoms with Crippen molar-refractivity contribution in [3.8, 4) is 0 Å². The van der Waals surface area contributed by atoms with Crippen molar-refractivity contribution >= 4 is 23.4 Å². The smallest absolute Gasteiger partial charge is 0.384 e. The fraction of sp³-hybridized carbons (Fsp3) is 0.263. The number of benzene rings is 1. The van der Waals surface area contributed by atoms with Gasteiger partial charge in [0.2, 0.25) is 5.91 Å². The molecule has 1 aromatic carbocycles. The molecule has 26 heavy (non-hydrogen) atoms. The first-order valence-corrected chi connectivity index (χ1v) is 8.16. The van der Waals surface area contributed by atoms with E-state index in [1.165, 1.54) is 30.7 Å². The fourth-order valence-corrected chi connectivity index (χ4v) is 2.85. The van der Waals surface area contributed by atoms with Crippen LogP contribution >= 0.6 is 0 Å². The van der Waals surface area contributed by atoms with E-state index in [0.29, 0.717) is 17.2 Å². The maximum absolute atomic E-state index is 12.6. The minimum atomic E-state index is -4.48. The van der Waals surface area contributed by atoms with Crippen molar-refractivity contribution in [3.05, 3.63) is 58.9 Å². The molecule has 1 unspecified atom stereocenters. The second-order valence-electron chi connectivity index (χ2n) is 6.28. The fourth-order valence-electron chi connectivity index (χ4n) is 2.85. The Morgan fingerprint density at radius 3 is 2.77 bits per heavy atom. The van der Waals surface area contributed by atoms with Gasteiger partial charge in [-0.25, -0.2) is 4.98 Å². The molecule has 1 aliphatic rings. The van der Waals surface area contributed by atoms with Crippen molar-refractivity contribution in [1.29, 1.82) is 0 Å². The number of aromatic nitrogens is 1. The van der Waals surface area contributed by atoms with Crippen LogP contribution in [0.1, 0.15) is 35.4 Å². The molecule has 0 saturated heterocycles. The van der Waals surface area contributed by atoms with Crippen LogP contribution in [0.2, 0.25) is 0 Å². The van der Waals surface area contributed by atoms with E-state index in [9.17, 15) is 18.0 Å². The van der Waals surface area contributed by atoms with Gasteiger partial charge in [-0.2, -0.15) is 13.2 Å². The minimum absolute atomic E-state index is 0.208. The standard InChI is InChI=1S/C19H18F3N3O/c1-11-10-23-16-9-14(5-6-15(11)16)25-18(26)8-4-13-3-7-17(19(20,21)22)24-12(13)2/h3-9,11,23H,10H2,1-2H3,(H,25,26)/b8-4+. The molecule has 4 nitrogen and oxygen atoms in total. The number of fused-ring (bicyclic) bond motifs is 1. The zero-order chi connectivity index (χ0) is 18.9. The summed E-state index contributed by atoms with van der Waals surface area (Å²) < 4.78 is 37.9. The van der Waals surface area contributed by atoms with E-state index < -0.39 is 11.9 Å². The average Bonchev–Trinajstić information content (AvgIpc) is 2.93. The summed E-state index contributed by atoms with van der Waals surface area (Å²) in [6, 6.07) is 7.88. The largest absolute Gasteiger partial charge is 0.433 e. The molecule has 0 radical (unpaired) electrons. The third-order valence-electron chi connectivity index (χ3n) is 4.28. The molecule has 0 aliphatic carbocycles. The summed E-state index contributed by atoms with van der Waals surface area (Å²) in [5, 5.41) is 6.02. The van der Waals surface area contributed by atoms with E-state index in [1.54, 1.807) is 0 Å². The highest BCUT2D eigenvalue weighted by atomic mass is 19.4. The number of amides is 1. The molecule has 2 aromatic rings. The van der Waals surface area contributed by atoms with Crippen molar-refractivity contribution in [3.63, 3.8) is 0 Å². The first-order chi connectivity index (χ1) is 12.2. The number of hydrogen-bond donors (Lipinski definition) is 2. The van der Waals surface area contributed by atoms with Gasteiger partial charge in [-0.1, -0.05) is 19.1 Å². The van der Waals surface area contributed by atoms with Gasteiger partial charge in [0.05, 0.1) is 0 Å². The zero-order valence-corrected chi connectivity index (χ0v) is 14.3. The SMILES string of the molecule is Cc1nc(C(F)(F)F)ccc1/C=C/C(=O)Nc1ccc2c(c1)NCC2C. The number of hydrogen-bond acceptors (Lipinski definition) is 3. The van der Waals surface area contributed by atoms with Crippen LogP contribution in [-0.2, 0) is 11.0 Å².